The van der Waals surface area contributed by atoms with Gasteiger partial charge in [0.15, 0.2) is 5.82 Å². The summed E-state index contributed by atoms with van der Waals surface area (Å²) in [6.07, 6.45) is 0. The number of benzene rings is 2. The molecule has 8 heteroatoms. The van der Waals surface area contributed by atoms with Gasteiger partial charge in [0.05, 0.1) is 20.2 Å². The Hall–Kier alpha value is -3.00. The van der Waals surface area contributed by atoms with Gasteiger partial charge in [-0.1, -0.05) is 12.1 Å². The molecule has 0 unspecified atom stereocenters. The average Bonchev–Trinajstić information content (AvgIpc) is 3.17. The second kappa shape index (κ2) is 8.35. The summed E-state index contributed by atoms with van der Waals surface area (Å²) in [5.74, 6) is 1.45. The van der Waals surface area contributed by atoms with Gasteiger partial charge in [0.1, 0.15) is 11.6 Å². The molecule has 1 aliphatic heterocycles. The quantitative estimate of drug-likeness (QED) is 0.651. The van der Waals surface area contributed by atoms with Crippen LogP contribution in [0.5, 0.6) is 5.75 Å². The van der Waals surface area contributed by atoms with Crippen LogP contribution < -0.4 is 9.64 Å². The van der Waals surface area contributed by atoms with Gasteiger partial charge in [-0.2, -0.15) is 0 Å². The van der Waals surface area contributed by atoms with Gasteiger partial charge >= 0.3 is 0 Å². The number of aromatic nitrogens is 4. The summed E-state index contributed by atoms with van der Waals surface area (Å²) >= 11 is 0. The monoisotopic (exact) mass is 382 g/mol. The highest BCUT2D eigenvalue weighted by Gasteiger charge is 2.19. The van der Waals surface area contributed by atoms with Crippen LogP contribution in [-0.4, -0.2) is 58.4 Å². The number of methoxy groups -OCH3 is 1. The van der Waals surface area contributed by atoms with Gasteiger partial charge in [0.25, 0.3) is 0 Å². The van der Waals surface area contributed by atoms with Crippen molar-refractivity contribution in [1.82, 2.24) is 25.1 Å². The number of rotatable bonds is 6. The van der Waals surface area contributed by atoms with Gasteiger partial charge in [-0.15, -0.1) is 5.10 Å². The van der Waals surface area contributed by atoms with Crippen LogP contribution in [-0.2, 0) is 13.1 Å². The smallest absolute Gasteiger partial charge is 0.165 e. The van der Waals surface area contributed by atoms with Crippen molar-refractivity contribution in [3.05, 3.63) is 65.7 Å². The summed E-state index contributed by atoms with van der Waals surface area (Å²) in [7, 11) is 1.68. The zero-order valence-electron chi connectivity index (χ0n) is 15.8. The maximum atomic E-state index is 13.1. The highest BCUT2D eigenvalue weighted by molar-refractivity contribution is 5.49. The van der Waals surface area contributed by atoms with Gasteiger partial charge in [-0.25, -0.2) is 9.07 Å². The molecule has 0 bridgehead atoms. The average molecular weight is 382 g/mol. The van der Waals surface area contributed by atoms with Crippen LogP contribution in [0.2, 0.25) is 0 Å². The molecule has 2 aromatic carbocycles. The summed E-state index contributed by atoms with van der Waals surface area (Å²) < 4.78 is 20.1. The molecule has 0 saturated carbocycles. The zero-order valence-corrected chi connectivity index (χ0v) is 15.8. The Balaban J connectivity index is 1.33. The van der Waals surface area contributed by atoms with Gasteiger partial charge in [-0.3, -0.25) is 4.90 Å². The Morgan fingerprint density at radius 1 is 0.929 bits per heavy atom. The first-order valence-corrected chi connectivity index (χ1v) is 9.32. The lowest BCUT2D eigenvalue weighted by molar-refractivity contribution is 0.240. The van der Waals surface area contributed by atoms with Gasteiger partial charge in [-0.05, 0) is 52.4 Å². The van der Waals surface area contributed by atoms with E-state index >= 15 is 0 Å². The fourth-order valence-corrected chi connectivity index (χ4v) is 3.38. The topological polar surface area (TPSA) is 59.3 Å². The molecule has 2 heterocycles. The molecule has 1 aromatic heterocycles. The van der Waals surface area contributed by atoms with Crippen LogP contribution in [0, 0.1) is 5.82 Å². The van der Waals surface area contributed by atoms with E-state index in [-0.39, 0.29) is 5.82 Å². The number of ether oxygens (including phenoxy) is 1. The molecule has 0 spiro atoms. The van der Waals surface area contributed by atoms with Crippen LogP contribution in [0.1, 0.15) is 11.4 Å². The van der Waals surface area contributed by atoms with Crippen molar-refractivity contribution in [3.8, 4) is 5.75 Å². The summed E-state index contributed by atoms with van der Waals surface area (Å²) in [5, 5.41) is 12.1. The maximum Gasteiger partial charge on any atom is 0.165 e. The Labute approximate surface area is 163 Å². The van der Waals surface area contributed by atoms with E-state index in [1.54, 1.807) is 23.9 Å². The third-order valence-corrected chi connectivity index (χ3v) is 5.03. The highest BCUT2D eigenvalue weighted by Crippen LogP contribution is 2.21. The van der Waals surface area contributed by atoms with Crippen molar-refractivity contribution < 1.29 is 9.13 Å². The SMILES string of the molecule is COc1ccc(N2CCN(Cc3nnnn3Cc3ccc(F)cc3)CC2)cc1. The van der Waals surface area contributed by atoms with E-state index in [9.17, 15) is 4.39 Å². The largest absolute Gasteiger partial charge is 0.497 e. The summed E-state index contributed by atoms with van der Waals surface area (Å²) in [6.45, 7) is 5.02. The van der Waals surface area contributed by atoms with E-state index in [2.05, 4.69) is 37.5 Å². The fourth-order valence-electron chi connectivity index (χ4n) is 3.38. The standard InChI is InChI=1S/C20H23FN6O/c1-28-19-8-6-18(7-9-19)26-12-10-25(11-13-26)15-20-22-23-24-27(20)14-16-2-4-17(21)5-3-16/h2-9H,10-15H2,1H3. The van der Waals surface area contributed by atoms with E-state index in [0.29, 0.717) is 13.1 Å². The number of anilines is 1. The Kier molecular flexibility index (Phi) is 5.48. The highest BCUT2D eigenvalue weighted by atomic mass is 19.1. The number of tetrazole rings is 1. The molecule has 7 nitrogen and oxygen atoms in total. The second-order valence-electron chi connectivity index (χ2n) is 6.84. The van der Waals surface area contributed by atoms with Gasteiger partial charge in [0.2, 0.25) is 0 Å². The van der Waals surface area contributed by atoms with Crippen molar-refractivity contribution in [3.63, 3.8) is 0 Å². The summed E-state index contributed by atoms with van der Waals surface area (Å²) in [4.78, 5) is 4.73. The van der Waals surface area contributed by atoms with Crippen molar-refractivity contribution in [2.24, 2.45) is 0 Å². The molecule has 4 rings (SSSR count). The molecule has 1 aliphatic rings. The molecule has 1 saturated heterocycles. The second-order valence-corrected chi connectivity index (χ2v) is 6.84. The van der Waals surface area contributed by atoms with Crippen LogP contribution >= 0.6 is 0 Å². The summed E-state index contributed by atoms with van der Waals surface area (Å²) in [6, 6.07) is 14.6. The van der Waals surface area contributed by atoms with Crippen molar-refractivity contribution in [2.45, 2.75) is 13.1 Å². The van der Waals surface area contributed by atoms with Crippen molar-refractivity contribution in [1.29, 1.82) is 0 Å². The minimum Gasteiger partial charge on any atom is -0.497 e. The number of hydrogen-bond donors (Lipinski definition) is 0. The van der Waals surface area contributed by atoms with E-state index in [1.807, 2.05) is 12.1 Å². The fraction of sp³-hybridized carbons (Fsp3) is 0.350. The van der Waals surface area contributed by atoms with Crippen LogP contribution in [0.4, 0.5) is 10.1 Å². The Morgan fingerprint density at radius 3 is 2.32 bits per heavy atom. The molecule has 0 radical (unpaired) electrons. The van der Waals surface area contributed by atoms with Crippen LogP contribution in [0.15, 0.2) is 48.5 Å². The third kappa shape index (κ3) is 4.28. The number of hydrogen-bond acceptors (Lipinski definition) is 6. The first-order chi connectivity index (χ1) is 13.7. The predicted molar refractivity (Wildman–Crippen MR) is 104 cm³/mol. The summed E-state index contributed by atoms with van der Waals surface area (Å²) in [5.41, 5.74) is 2.18. The molecule has 1 fully saturated rings. The first kappa shape index (κ1) is 18.4. The van der Waals surface area contributed by atoms with Crippen LogP contribution in [0.25, 0.3) is 0 Å². The van der Waals surface area contributed by atoms with E-state index in [1.165, 1.54) is 17.8 Å². The van der Waals surface area contributed by atoms with E-state index in [0.717, 1.165) is 43.3 Å². The number of nitrogens with zero attached hydrogens (tertiary/aromatic N) is 6. The predicted octanol–water partition coefficient (Wildman–Crippen LogP) is 2.19. The Bertz CT molecular complexity index is 888. The van der Waals surface area contributed by atoms with E-state index in [4.69, 9.17) is 4.74 Å². The molecule has 28 heavy (non-hydrogen) atoms. The van der Waals surface area contributed by atoms with Crippen LogP contribution in [0.3, 0.4) is 0 Å². The van der Waals surface area contributed by atoms with E-state index < -0.39 is 0 Å². The maximum absolute atomic E-state index is 13.1. The molecular formula is C20H23FN6O. The first-order valence-electron chi connectivity index (χ1n) is 9.32. The minimum atomic E-state index is -0.240. The number of piperazine rings is 1. The Morgan fingerprint density at radius 2 is 1.64 bits per heavy atom. The van der Waals surface area contributed by atoms with Gasteiger partial charge < -0.3 is 9.64 Å². The minimum absolute atomic E-state index is 0.240. The lowest BCUT2D eigenvalue weighted by atomic mass is 10.2. The lowest BCUT2D eigenvalue weighted by Crippen LogP contribution is -2.46. The molecule has 3 aromatic rings. The van der Waals surface area contributed by atoms with Crippen molar-refractivity contribution >= 4 is 5.69 Å². The molecule has 146 valence electrons. The normalized spacial score (nSPS) is 15.0. The molecule has 0 aliphatic carbocycles. The molecular weight excluding hydrogens is 359 g/mol. The molecule has 0 atom stereocenters. The number of halogens is 1. The zero-order chi connectivity index (χ0) is 19.3. The van der Waals surface area contributed by atoms with Gasteiger partial charge in [0, 0.05) is 31.9 Å². The molecule has 0 N–H and O–H groups in total. The van der Waals surface area contributed by atoms with Crippen molar-refractivity contribution in [2.75, 3.05) is 38.2 Å². The molecule has 0 amide bonds. The third-order valence-electron chi connectivity index (χ3n) is 5.03. The lowest BCUT2D eigenvalue weighted by Gasteiger charge is -2.35.